The summed E-state index contributed by atoms with van der Waals surface area (Å²) in [4.78, 5) is 30.2. The quantitative estimate of drug-likeness (QED) is 0.474. The number of carboxylic acids is 1. The van der Waals surface area contributed by atoms with Crippen LogP contribution in [0.15, 0.2) is 18.2 Å². The third-order valence-corrected chi connectivity index (χ3v) is 6.71. The minimum absolute atomic E-state index is 0.0519. The zero-order chi connectivity index (χ0) is 26.1. The highest BCUT2D eigenvalue weighted by atomic mass is 35.5. The molecule has 6 nitrogen and oxygen atoms in total. The molecule has 0 saturated heterocycles. The maximum atomic E-state index is 14.5. The molecule has 2 N–H and O–H groups in total. The molecule has 190 valence electrons. The van der Waals surface area contributed by atoms with Crippen LogP contribution in [0, 0.1) is 25.6 Å². The molecule has 1 heterocycles. The van der Waals surface area contributed by atoms with Gasteiger partial charge in [-0.15, -0.1) is 0 Å². The number of pyridine rings is 1. The predicted octanol–water partition coefficient (Wildman–Crippen LogP) is 6.41. The Labute approximate surface area is 211 Å². The fraction of sp³-hybridized carbons (Fsp3) is 0.519. The first-order valence-electron chi connectivity index (χ1n) is 12.0. The molecule has 1 aliphatic rings. The first kappa shape index (κ1) is 27.1. The highest BCUT2D eigenvalue weighted by Crippen LogP contribution is 2.39. The number of nitrogens with zero attached hydrogens (tertiary/aromatic N) is 1. The van der Waals surface area contributed by atoms with Crippen LogP contribution in [0.25, 0.3) is 11.1 Å². The van der Waals surface area contributed by atoms with Crippen molar-refractivity contribution >= 4 is 23.5 Å². The van der Waals surface area contributed by atoms with Crippen LogP contribution in [0.5, 0.6) is 0 Å². The van der Waals surface area contributed by atoms with Crippen molar-refractivity contribution in [3.05, 3.63) is 51.6 Å². The Bertz CT molecular complexity index is 1120. The number of nitrogens with one attached hydrogen (secondary N) is 1. The summed E-state index contributed by atoms with van der Waals surface area (Å²) in [5, 5.41) is 13.1. The van der Waals surface area contributed by atoms with Gasteiger partial charge in [0.1, 0.15) is 11.5 Å². The molecule has 0 bridgehead atoms. The van der Waals surface area contributed by atoms with E-state index in [-0.39, 0.29) is 28.2 Å². The Morgan fingerprint density at radius 2 is 1.83 bits per heavy atom. The van der Waals surface area contributed by atoms with E-state index in [1.807, 2.05) is 0 Å². The number of hydrogen-bond acceptors (Lipinski definition) is 4. The smallest absolute Gasteiger partial charge is 0.337 e. The normalized spacial score (nSPS) is 19.3. The van der Waals surface area contributed by atoms with Crippen LogP contribution in [-0.4, -0.2) is 33.6 Å². The van der Waals surface area contributed by atoms with E-state index in [2.05, 4.69) is 17.2 Å². The minimum Gasteiger partial charge on any atom is -0.479 e. The third-order valence-electron chi connectivity index (χ3n) is 6.40. The first-order chi connectivity index (χ1) is 16.3. The summed E-state index contributed by atoms with van der Waals surface area (Å²) in [6, 6.07) is 4.33. The summed E-state index contributed by atoms with van der Waals surface area (Å²) in [6.07, 6.45) is 2.54. The van der Waals surface area contributed by atoms with Gasteiger partial charge in [0, 0.05) is 17.3 Å². The molecule has 0 unspecified atom stereocenters. The van der Waals surface area contributed by atoms with E-state index >= 15 is 0 Å². The molecule has 2 aromatic rings. The molecular weight excluding hydrogens is 471 g/mol. The Hall–Kier alpha value is -2.51. The largest absolute Gasteiger partial charge is 0.479 e. The molecule has 1 aromatic carbocycles. The molecule has 1 amide bonds. The molecule has 1 atom stereocenters. The number of carbonyl (C=O) groups excluding carboxylic acids is 1. The van der Waals surface area contributed by atoms with Gasteiger partial charge in [-0.25, -0.2) is 14.2 Å². The van der Waals surface area contributed by atoms with Crippen molar-refractivity contribution in [3.8, 4) is 11.1 Å². The summed E-state index contributed by atoms with van der Waals surface area (Å²) in [5.41, 5.74) is 1.30. The maximum Gasteiger partial charge on any atom is 0.337 e. The summed E-state index contributed by atoms with van der Waals surface area (Å²) < 4.78 is 20.4. The molecule has 0 aliphatic heterocycles. The van der Waals surface area contributed by atoms with Gasteiger partial charge in [-0.2, -0.15) is 0 Å². The monoisotopic (exact) mass is 504 g/mol. The lowest BCUT2D eigenvalue weighted by Crippen LogP contribution is -2.38. The highest BCUT2D eigenvalue weighted by Gasteiger charge is 2.34. The van der Waals surface area contributed by atoms with Crippen LogP contribution in [0.3, 0.4) is 0 Å². The molecule has 3 rings (SSSR count). The van der Waals surface area contributed by atoms with Gasteiger partial charge in [0.25, 0.3) is 5.91 Å². The predicted molar refractivity (Wildman–Crippen MR) is 134 cm³/mol. The van der Waals surface area contributed by atoms with Gasteiger partial charge in [-0.05, 0) is 95.0 Å². The Kier molecular flexibility index (Phi) is 8.22. The van der Waals surface area contributed by atoms with Gasteiger partial charge in [0.2, 0.25) is 0 Å². The van der Waals surface area contributed by atoms with Crippen LogP contribution < -0.4 is 5.32 Å². The Morgan fingerprint density at radius 3 is 2.37 bits per heavy atom. The second-order valence-corrected chi connectivity index (χ2v) is 10.9. The zero-order valence-corrected chi connectivity index (χ0v) is 21.9. The van der Waals surface area contributed by atoms with Gasteiger partial charge in [-0.3, -0.25) is 4.79 Å². The Morgan fingerprint density at radius 1 is 1.20 bits per heavy atom. The lowest BCUT2D eigenvalue weighted by molar-refractivity contribution is -0.160. The van der Waals surface area contributed by atoms with Crippen molar-refractivity contribution in [2.75, 3.05) is 0 Å². The van der Waals surface area contributed by atoms with Crippen LogP contribution >= 0.6 is 11.6 Å². The molecule has 35 heavy (non-hydrogen) atoms. The summed E-state index contributed by atoms with van der Waals surface area (Å²) in [6.45, 7) is 10.8. The second kappa shape index (κ2) is 10.6. The van der Waals surface area contributed by atoms with Gasteiger partial charge >= 0.3 is 5.97 Å². The van der Waals surface area contributed by atoms with E-state index in [0.717, 1.165) is 25.7 Å². The summed E-state index contributed by atoms with van der Waals surface area (Å²) in [7, 11) is 0. The lowest BCUT2D eigenvalue weighted by Gasteiger charge is -2.29. The number of carboxylic acid groups (broad SMARTS) is 1. The van der Waals surface area contributed by atoms with Crippen molar-refractivity contribution < 1.29 is 23.8 Å². The van der Waals surface area contributed by atoms with E-state index in [0.29, 0.717) is 28.3 Å². The van der Waals surface area contributed by atoms with E-state index in [9.17, 15) is 19.1 Å². The van der Waals surface area contributed by atoms with Crippen molar-refractivity contribution in [1.82, 2.24) is 10.3 Å². The topological polar surface area (TPSA) is 88.5 Å². The van der Waals surface area contributed by atoms with Crippen molar-refractivity contribution in [2.24, 2.45) is 5.92 Å². The average molecular weight is 505 g/mol. The van der Waals surface area contributed by atoms with Gasteiger partial charge in [-0.1, -0.05) is 24.6 Å². The number of aromatic nitrogens is 1. The van der Waals surface area contributed by atoms with Crippen LogP contribution in [-0.2, 0) is 9.53 Å². The SMILES string of the molecule is Cc1nc(C(=O)N[C@H]2CC[C@H](C)CC2)c(C)c(-c2ccc(Cl)c(F)c2)c1[C@H](OC(C)(C)C)C(=O)O. The lowest BCUT2D eigenvalue weighted by atomic mass is 9.87. The Balaban J connectivity index is 2.17. The van der Waals surface area contributed by atoms with Crippen molar-refractivity contribution in [1.29, 1.82) is 0 Å². The minimum atomic E-state index is -1.37. The number of benzene rings is 1. The van der Waals surface area contributed by atoms with E-state index in [4.69, 9.17) is 16.3 Å². The number of carbonyl (C=O) groups is 2. The summed E-state index contributed by atoms with van der Waals surface area (Å²) in [5.74, 6) is -1.52. The molecule has 0 radical (unpaired) electrons. The number of halogens is 2. The standard InChI is InChI=1S/C27H34ClFN2O4/c1-14-7-10-18(11-8-14)31-25(32)23-15(2)21(17-9-12-19(28)20(29)13-17)22(16(3)30-23)24(26(33)34)35-27(4,5)6/h9,12-14,18,24H,7-8,10-11H2,1-6H3,(H,31,32)(H,33,34)/t14-,18-,24-/m0/s1. The van der Waals surface area contributed by atoms with Crippen molar-refractivity contribution in [2.45, 2.75) is 85.0 Å². The number of ether oxygens (including phenoxy) is 1. The molecule has 8 heteroatoms. The molecule has 1 saturated carbocycles. The van der Waals surface area contributed by atoms with Crippen LogP contribution in [0.4, 0.5) is 4.39 Å². The number of rotatable bonds is 6. The zero-order valence-electron chi connectivity index (χ0n) is 21.2. The van der Waals surface area contributed by atoms with Crippen molar-refractivity contribution in [3.63, 3.8) is 0 Å². The van der Waals surface area contributed by atoms with Crippen LogP contribution in [0.1, 0.15) is 86.8 Å². The third kappa shape index (κ3) is 6.39. The number of hydrogen-bond donors (Lipinski definition) is 2. The highest BCUT2D eigenvalue weighted by molar-refractivity contribution is 6.30. The molecular formula is C27H34ClFN2O4. The molecule has 0 spiro atoms. The van der Waals surface area contributed by atoms with Gasteiger partial charge in [0.15, 0.2) is 6.10 Å². The molecule has 1 fully saturated rings. The number of aryl methyl sites for hydroxylation is 1. The summed E-state index contributed by atoms with van der Waals surface area (Å²) >= 11 is 5.91. The molecule has 1 aliphatic carbocycles. The fourth-order valence-electron chi connectivity index (χ4n) is 4.62. The van der Waals surface area contributed by atoms with E-state index < -0.39 is 23.5 Å². The average Bonchev–Trinajstić information content (AvgIpc) is 2.76. The van der Waals surface area contributed by atoms with Gasteiger partial charge in [0.05, 0.1) is 10.6 Å². The van der Waals surface area contributed by atoms with E-state index in [1.165, 1.54) is 12.1 Å². The fourth-order valence-corrected chi connectivity index (χ4v) is 4.74. The van der Waals surface area contributed by atoms with Gasteiger partial charge < -0.3 is 15.2 Å². The molecule has 1 aromatic heterocycles. The number of aliphatic carboxylic acids is 1. The van der Waals surface area contributed by atoms with Crippen LogP contribution in [0.2, 0.25) is 5.02 Å². The number of amides is 1. The second-order valence-electron chi connectivity index (χ2n) is 10.5. The van der Waals surface area contributed by atoms with E-state index in [1.54, 1.807) is 40.7 Å². The maximum absolute atomic E-state index is 14.5. The first-order valence-corrected chi connectivity index (χ1v) is 12.3.